The van der Waals surface area contributed by atoms with Gasteiger partial charge in [0.15, 0.2) is 0 Å². The molecule has 4 atom stereocenters. The van der Waals surface area contributed by atoms with Gasteiger partial charge in [0.25, 0.3) is 7.82 Å². The number of aliphatic hydroxyl groups excluding tert-OH is 1. The van der Waals surface area contributed by atoms with Crippen LogP contribution < -0.4 is 4.89 Å². The molecule has 0 aromatic heterocycles. The van der Waals surface area contributed by atoms with E-state index in [0.29, 0.717) is 6.42 Å². The summed E-state index contributed by atoms with van der Waals surface area (Å²) in [7, 11) is -9.76. The fraction of sp³-hybridized carbons (Fsp3) is 0.200. The van der Waals surface area contributed by atoms with E-state index in [9.17, 15) is 28.9 Å². The standard InChI is InChI=1S/C40H36O9P2/c41-21-25(17-33-19-31-9-1-5-27-13-15-29-7-3-11-35(33)39(29)37(27)31)22-48-51(45,46)49-24-26(23-47-50(42,43)44)18-34-20-32-10-2-6-28-14-16-30-8-4-12-36(34)40(30)38(28)32/h1-16,19-20,25-26,41H,17-18,21-24H2,(H,45,46)(H2,42,43,44)/p-1. The summed E-state index contributed by atoms with van der Waals surface area (Å²) in [6.07, 6.45) is 0.608. The lowest BCUT2D eigenvalue weighted by atomic mass is 9.88. The molecule has 0 aliphatic carbocycles. The highest BCUT2D eigenvalue weighted by atomic mass is 31.2. The van der Waals surface area contributed by atoms with Gasteiger partial charge in [-0.3, -0.25) is 13.6 Å². The van der Waals surface area contributed by atoms with Gasteiger partial charge in [-0.15, -0.1) is 0 Å². The van der Waals surface area contributed by atoms with Gasteiger partial charge in [0.2, 0.25) is 0 Å². The molecule has 0 heterocycles. The first-order chi connectivity index (χ1) is 24.6. The molecule has 0 fully saturated rings. The van der Waals surface area contributed by atoms with E-state index in [1.165, 1.54) is 5.39 Å². The van der Waals surface area contributed by atoms with Crippen LogP contribution in [0.2, 0.25) is 0 Å². The van der Waals surface area contributed by atoms with Crippen LogP contribution in [0.3, 0.4) is 0 Å². The summed E-state index contributed by atoms with van der Waals surface area (Å²) in [5.41, 5.74) is 1.85. The first-order valence-electron chi connectivity index (χ1n) is 16.8. The van der Waals surface area contributed by atoms with Gasteiger partial charge in [-0.05, 0) is 88.6 Å². The molecule has 0 spiro atoms. The molecule has 51 heavy (non-hydrogen) atoms. The Balaban J connectivity index is 1.00. The Labute approximate surface area is 293 Å². The first-order valence-corrected chi connectivity index (χ1v) is 19.8. The van der Waals surface area contributed by atoms with Gasteiger partial charge in [0, 0.05) is 18.4 Å². The van der Waals surface area contributed by atoms with E-state index >= 15 is 0 Å². The second-order valence-electron chi connectivity index (χ2n) is 13.3. The minimum atomic E-state index is -5.09. The number of hydrogen-bond donors (Lipinski definition) is 3. The zero-order valence-electron chi connectivity index (χ0n) is 27.5. The smallest absolute Gasteiger partial charge is 0.472 e. The molecule has 8 aromatic rings. The summed E-state index contributed by atoms with van der Waals surface area (Å²) in [5, 5.41) is 23.3. The quantitative estimate of drug-likeness (QED) is 0.0749. The Bertz CT molecular complexity index is 2620. The number of hydrogen-bond acceptors (Lipinski definition) is 7. The van der Waals surface area contributed by atoms with Gasteiger partial charge in [-0.2, -0.15) is 0 Å². The average molecular weight is 722 g/mol. The van der Waals surface area contributed by atoms with E-state index < -0.39 is 40.7 Å². The molecule has 0 amide bonds. The summed E-state index contributed by atoms with van der Waals surface area (Å²) in [6, 6.07) is 36.7. The molecule has 8 aromatic carbocycles. The fourth-order valence-electron chi connectivity index (χ4n) is 7.61. The third-order valence-electron chi connectivity index (χ3n) is 9.88. The van der Waals surface area contributed by atoms with Crippen LogP contribution in [0.25, 0.3) is 64.6 Å². The van der Waals surface area contributed by atoms with Crippen molar-refractivity contribution >= 4 is 80.3 Å². The van der Waals surface area contributed by atoms with Crippen molar-refractivity contribution in [3.05, 3.63) is 120 Å². The lowest BCUT2D eigenvalue weighted by Gasteiger charge is -2.24. The first kappa shape index (κ1) is 34.1. The monoisotopic (exact) mass is 721 g/mol. The van der Waals surface area contributed by atoms with E-state index in [2.05, 4.69) is 60.7 Å². The van der Waals surface area contributed by atoms with Crippen LogP contribution in [0.1, 0.15) is 11.1 Å². The minimum absolute atomic E-state index is 0.219. The zero-order valence-corrected chi connectivity index (χ0v) is 29.3. The molecular weight excluding hydrogens is 686 g/mol. The van der Waals surface area contributed by atoms with Crippen molar-refractivity contribution in [2.75, 3.05) is 26.4 Å². The maximum absolute atomic E-state index is 13.2. The lowest BCUT2D eigenvalue weighted by Crippen LogP contribution is -2.21. The summed E-state index contributed by atoms with van der Waals surface area (Å²) in [4.78, 5) is 31.7. The van der Waals surface area contributed by atoms with Crippen molar-refractivity contribution in [2.45, 2.75) is 12.8 Å². The highest BCUT2D eigenvalue weighted by Crippen LogP contribution is 2.46. The van der Waals surface area contributed by atoms with E-state index in [0.717, 1.165) is 70.4 Å². The van der Waals surface area contributed by atoms with Crippen molar-refractivity contribution in [3.8, 4) is 0 Å². The fourth-order valence-corrected chi connectivity index (χ4v) is 8.88. The van der Waals surface area contributed by atoms with Gasteiger partial charge in [-0.25, -0.2) is 4.57 Å². The van der Waals surface area contributed by atoms with Crippen molar-refractivity contribution in [2.24, 2.45) is 11.8 Å². The SMILES string of the molecule is O=P([O-])(O)OCC(COP(=O)(O)OCC(CO)Cc1cc2cccc3ccc4cccc1c4c32)Cc1cc2cccc3ccc4cccc1c4c32. The Morgan fingerprint density at radius 3 is 1.39 bits per heavy atom. The van der Waals surface area contributed by atoms with Gasteiger partial charge >= 0.3 is 7.82 Å². The van der Waals surface area contributed by atoms with Gasteiger partial charge in [-0.1, -0.05) is 109 Å². The molecule has 0 aliphatic heterocycles. The zero-order chi connectivity index (χ0) is 35.3. The number of rotatable bonds is 14. The normalized spacial score (nSPS) is 16.1. The molecule has 0 aliphatic rings. The van der Waals surface area contributed by atoms with Crippen molar-refractivity contribution in [3.63, 3.8) is 0 Å². The molecule has 0 radical (unpaired) electrons. The van der Waals surface area contributed by atoms with Crippen LogP contribution in [0.15, 0.2) is 109 Å². The highest BCUT2D eigenvalue weighted by molar-refractivity contribution is 7.47. The molecule has 0 saturated heterocycles. The summed E-state index contributed by atoms with van der Waals surface area (Å²) in [6.45, 7) is -1.43. The van der Waals surface area contributed by atoms with Crippen molar-refractivity contribution in [1.82, 2.24) is 0 Å². The van der Waals surface area contributed by atoms with Gasteiger partial charge in [0.1, 0.15) is 0 Å². The molecule has 4 unspecified atom stereocenters. The van der Waals surface area contributed by atoms with E-state index in [1.807, 2.05) is 48.5 Å². The van der Waals surface area contributed by atoms with Crippen molar-refractivity contribution < 1.29 is 42.5 Å². The maximum Gasteiger partial charge on any atom is 0.472 e. The van der Waals surface area contributed by atoms with Crippen LogP contribution in [-0.4, -0.2) is 41.3 Å². The molecule has 260 valence electrons. The topological polar surface area (TPSA) is 146 Å². The van der Waals surface area contributed by atoms with Gasteiger partial charge < -0.3 is 24.3 Å². The van der Waals surface area contributed by atoms with Crippen LogP contribution in [0, 0.1) is 11.8 Å². The Hall–Kier alpha value is -3.98. The van der Waals surface area contributed by atoms with Crippen LogP contribution in [0.5, 0.6) is 0 Å². The van der Waals surface area contributed by atoms with Crippen molar-refractivity contribution in [1.29, 1.82) is 0 Å². The second kappa shape index (κ2) is 13.5. The molecule has 9 nitrogen and oxygen atoms in total. The molecule has 0 bridgehead atoms. The summed E-state index contributed by atoms with van der Waals surface area (Å²) < 4.78 is 40.4. The Morgan fingerprint density at radius 2 is 0.922 bits per heavy atom. The molecule has 8 rings (SSSR count). The molecule has 11 heteroatoms. The molecule has 0 saturated carbocycles. The molecule has 3 N–H and O–H groups in total. The largest absolute Gasteiger partial charge is 0.756 e. The van der Waals surface area contributed by atoms with Crippen LogP contribution in [0.4, 0.5) is 0 Å². The number of phosphoric acid groups is 2. The number of phosphoric ester groups is 2. The maximum atomic E-state index is 13.2. The average Bonchev–Trinajstić information content (AvgIpc) is 3.12. The van der Waals surface area contributed by atoms with E-state index in [1.54, 1.807) is 0 Å². The molecular formula is C40H35O9P2-. The predicted octanol–water partition coefficient (Wildman–Crippen LogP) is 8.10. The number of benzene rings is 8. The van der Waals surface area contributed by atoms with E-state index in [4.69, 9.17) is 13.6 Å². The third kappa shape index (κ3) is 6.86. The number of aliphatic hydroxyl groups is 1. The predicted molar refractivity (Wildman–Crippen MR) is 199 cm³/mol. The Morgan fingerprint density at radius 1 is 0.529 bits per heavy atom. The summed E-state index contributed by atoms with van der Waals surface area (Å²) >= 11 is 0. The van der Waals surface area contributed by atoms with Gasteiger partial charge in [0.05, 0.1) is 19.8 Å². The minimum Gasteiger partial charge on any atom is -0.756 e. The van der Waals surface area contributed by atoms with Crippen LogP contribution in [-0.2, 0) is 35.5 Å². The third-order valence-corrected chi connectivity index (χ3v) is 11.3. The van der Waals surface area contributed by atoms with Crippen LogP contribution >= 0.6 is 15.6 Å². The summed E-state index contributed by atoms with van der Waals surface area (Å²) in [5.74, 6) is -1.27. The van der Waals surface area contributed by atoms with E-state index in [-0.39, 0.29) is 19.6 Å². The Kier molecular flexibility index (Phi) is 9.06. The second-order valence-corrected chi connectivity index (χ2v) is 16.0. The lowest BCUT2D eigenvalue weighted by molar-refractivity contribution is -0.220. The highest BCUT2D eigenvalue weighted by Gasteiger charge is 2.27.